The molecule has 0 aliphatic carbocycles. The molecule has 7 heteroatoms. The molecule has 2 aromatic heterocycles. The van der Waals surface area contributed by atoms with Gasteiger partial charge >= 0.3 is 6.18 Å². The summed E-state index contributed by atoms with van der Waals surface area (Å²) < 4.78 is 39.0. The highest BCUT2D eigenvalue weighted by atomic mass is 19.4. The minimum absolute atomic E-state index is 0.194. The number of aromatic nitrogens is 3. The number of rotatable bonds is 2. The molecule has 3 rings (SSSR count). The molecule has 0 unspecified atom stereocenters. The van der Waals surface area contributed by atoms with Gasteiger partial charge in [-0.05, 0) is 11.5 Å². The molecule has 1 aromatic carbocycles. The van der Waals surface area contributed by atoms with Gasteiger partial charge in [0.15, 0.2) is 11.5 Å². The SMILES string of the molecule is OCc1cnc(-n2ccc(C(F)(F)F)n2)c2ccccc12. The van der Waals surface area contributed by atoms with Gasteiger partial charge in [0, 0.05) is 23.3 Å². The second kappa shape index (κ2) is 4.85. The lowest BCUT2D eigenvalue weighted by molar-refractivity contribution is -0.141. The lowest BCUT2D eigenvalue weighted by Gasteiger charge is -2.09. The maximum Gasteiger partial charge on any atom is 0.435 e. The van der Waals surface area contributed by atoms with Crippen LogP contribution in [0.3, 0.4) is 0 Å². The lowest BCUT2D eigenvalue weighted by Crippen LogP contribution is -2.08. The normalized spacial score (nSPS) is 12.0. The molecular formula is C14H10F3N3O. The number of benzene rings is 1. The van der Waals surface area contributed by atoms with Crippen molar-refractivity contribution in [1.29, 1.82) is 0 Å². The third kappa shape index (κ3) is 2.36. The molecule has 0 fully saturated rings. The van der Waals surface area contributed by atoms with Crippen LogP contribution in [0.15, 0.2) is 42.7 Å². The monoisotopic (exact) mass is 293 g/mol. The van der Waals surface area contributed by atoms with Gasteiger partial charge in [0.05, 0.1) is 6.61 Å². The summed E-state index contributed by atoms with van der Waals surface area (Å²) in [5, 5.41) is 14.2. The molecule has 108 valence electrons. The predicted octanol–water partition coefficient (Wildman–Crippen LogP) is 2.93. The molecule has 0 bridgehead atoms. The minimum atomic E-state index is -4.49. The largest absolute Gasteiger partial charge is 0.435 e. The maximum atomic E-state index is 12.6. The number of pyridine rings is 1. The number of aliphatic hydroxyl groups excluding tert-OH is 1. The quantitative estimate of drug-likeness (QED) is 0.790. The van der Waals surface area contributed by atoms with E-state index in [4.69, 9.17) is 0 Å². The topological polar surface area (TPSA) is 50.9 Å². The highest BCUT2D eigenvalue weighted by molar-refractivity contribution is 5.90. The standard InChI is InChI=1S/C14H10F3N3O/c15-14(16,17)12-5-6-20(19-12)13-11-4-2-1-3-10(11)9(8-21)7-18-13/h1-7,21H,8H2. The van der Waals surface area contributed by atoms with Gasteiger partial charge in [-0.15, -0.1) is 0 Å². The van der Waals surface area contributed by atoms with Crippen LogP contribution in [-0.4, -0.2) is 19.9 Å². The smallest absolute Gasteiger partial charge is 0.392 e. The number of aliphatic hydroxyl groups is 1. The van der Waals surface area contributed by atoms with Crippen LogP contribution in [0.4, 0.5) is 13.2 Å². The van der Waals surface area contributed by atoms with E-state index in [1.807, 2.05) is 0 Å². The summed E-state index contributed by atoms with van der Waals surface area (Å²) in [4.78, 5) is 4.12. The summed E-state index contributed by atoms with van der Waals surface area (Å²) in [5.74, 6) is 0.290. The van der Waals surface area contributed by atoms with Crippen LogP contribution < -0.4 is 0 Å². The van der Waals surface area contributed by atoms with E-state index in [2.05, 4.69) is 10.1 Å². The second-order valence-electron chi connectivity index (χ2n) is 4.45. The van der Waals surface area contributed by atoms with Crippen LogP contribution in [0.5, 0.6) is 0 Å². The van der Waals surface area contributed by atoms with Crippen molar-refractivity contribution in [1.82, 2.24) is 14.8 Å². The second-order valence-corrected chi connectivity index (χ2v) is 4.45. The molecule has 3 aromatic rings. The van der Waals surface area contributed by atoms with Crippen LogP contribution in [-0.2, 0) is 12.8 Å². The molecule has 0 amide bonds. The van der Waals surface area contributed by atoms with Crippen molar-refractivity contribution in [2.45, 2.75) is 12.8 Å². The van der Waals surface area contributed by atoms with Crippen molar-refractivity contribution >= 4 is 10.8 Å². The molecule has 21 heavy (non-hydrogen) atoms. The molecule has 0 saturated heterocycles. The Bertz CT molecular complexity index is 796. The summed E-state index contributed by atoms with van der Waals surface area (Å²) in [6, 6.07) is 7.95. The average molecular weight is 293 g/mol. The number of fused-ring (bicyclic) bond motifs is 1. The summed E-state index contributed by atoms with van der Waals surface area (Å²) in [6.07, 6.45) is -1.84. The third-order valence-electron chi connectivity index (χ3n) is 3.12. The van der Waals surface area contributed by atoms with E-state index in [-0.39, 0.29) is 6.61 Å². The zero-order chi connectivity index (χ0) is 15.0. The number of nitrogens with zero attached hydrogens (tertiary/aromatic N) is 3. The molecule has 0 atom stereocenters. The van der Waals surface area contributed by atoms with Crippen molar-refractivity contribution in [3.63, 3.8) is 0 Å². The van der Waals surface area contributed by atoms with Crippen LogP contribution in [0.25, 0.3) is 16.6 Å². The highest BCUT2D eigenvalue weighted by Crippen LogP contribution is 2.29. The van der Waals surface area contributed by atoms with Crippen LogP contribution in [0, 0.1) is 0 Å². The van der Waals surface area contributed by atoms with Crippen LogP contribution in [0.2, 0.25) is 0 Å². The molecule has 0 saturated carbocycles. The van der Waals surface area contributed by atoms with Crippen molar-refractivity contribution < 1.29 is 18.3 Å². The van der Waals surface area contributed by atoms with Crippen molar-refractivity contribution in [3.05, 3.63) is 54.0 Å². The van der Waals surface area contributed by atoms with E-state index in [9.17, 15) is 18.3 Å². The highest BCUT2D eigenvalue weighted by Gasteiger charge is 2.33. The molecule has 0 radical (unpaired) electrons. The Balaban J connectivity index is 2.19. The molecule has 2 heterocycles. The van der Waals surface area contributed by atoms with E-state index in [0.717, 1.165) is 16.1 Å². The van der Waals surface area contributed by atoms with E-state index in [0.29, 0.717) is 16.8 Å². The van der Waals surface area contributed by atoms with Gasteiger partial charge in [0.25, 0.3) is 0 Å². The summed E-state index contributed by atoms with van der Waals surface area (Å²) in [7, 11) is 0. The Labute approximate surface area is 117 Å². The molecule has 0 aliphatic heterocycles. The zero-order valence-electron chi connectivity index (χ0n) is 10.7. The first-order chi connectivity index (χ1) is 10.0. The van der Waals surface area contributed by atoms with Crippen LogP contribution >= 0.6 is 0 Å². The van der Waals surface area contributed by atoms with E-state index in [1.165, 1.54) is 12.4 Å². The Morgan fingerprint density at radius 3 is 2.43 bits per heavy atom. The Kier molecular flexibility index (Phi) is 3.13. The van der Waals surface area contributed by atoms with Gasteiger partial charge in [-0.2, -0.15) is 18.3 Å². The summed E-state index contributed by atoms with van der Waals surface area (Å²) >= 11 is 0. The Morgan fingerprint density at radius 2 is 1.81 bits per heavy atom. The van der Waals surface area contributed by atoms with Gasteiger partial charge in [0.1, 0.15) is 0 Å². The van der Waals surface area contributed by atoms with E-state index >= 15 is 0 Å². The Hall–Kier alpha value is -2.41. The first kappa shape index (κ1) is 13.6. The van der Waals surface area contributed by atoms with Gasteiger partial charge < -0.3 is 5.11 Å². The van der Waals surface area contributed by atoms with Crippen molar-refractivity contribution in [3.8, 4) is 5.82 Å². The number of hydrogen-bond donors (Lipinski definition) is 1. The molecule has 1 N–H and O–H groups in total. The molecule has 0 spiro atoms. The fraction of sp³-hybridized carbons (Fsp3) is 0.143. The number of hydrogen-bond acceptors (Lipinski definition) is 3. The van der Waals surface area contributed by atoms with Gasteiger partial charge in [-0.3, -0.25) is 0 Å². The maximum absolute atomic E-state index is 12.6. The van der Waals surface area contributed by atoms with Crippen molar-refractivity contribution in [2.24, 2.45) is 0 Å². The average Bonchev–Trinajstić information content (AvgIpc) is 2.96. The van der Waals surface area contributed by atoms with Gasteiger partial charge in [0.2, 0.25) is 0 Å². The van der Waals surface area contributed by atoms with Gasteiger partial charge in [-0.1, -0.05) is 24.3 Å². The first-order valence-corrected chi connectivity index (χ1v) is 6.11. The zero-order valence-corrected chi connectivity index (χ0v) is 10.7. The van der Waals surface area contributed by atoms with E-state index in [1.54, 1.807) is 24.3 Å². The third-order valence-corrected chi connectivity index (χ3v) is 3.12. The van der Waals surface area contributed by atoms with Gasteiger partial charge in [-0.25, -0.2) is 9.67 Å². The Morgan fingerprint density at radius 1 is 1.10 bits per heavy atom. The van der Waals surface area contributed by atoms with Crippen LogP contribution in [0.1, 0.15) is 11.3 Å². The summed E-state index contributed by atoms with van der Waals surface area (Å²) in [6.45, 7) is -0.194. The number of alkyl halides is 3. The molecular weight excluding hydrogens is 283 g/mol. The molecule has 0 aliphatic rings. The summed E-state index contributed by atoms with van der Waals surface area (Å²) in [5.41, 5.74) is -0.364. The molecule has 4 nitrogen and oxygen atoms in total. The number of halogens is 3. The predicted molar refractivity (Wildman–Crippen MR) is 69.8 cm³/mol. The minimum Gasteiger partial charge on any atom is -0.392 e. The lowest BCUT2D eigenvalue weighted by atomic mass is 10.1. The fourth-order valence-electron chi connectivity index (χ4n) is 2.14. The first-order valence-electron chi connectivity index (χ1n) is 6.11. The van der Waals surface area contributed by atoms with E-state index < -0.39 is 11.9 Å². The fourth-order valence-corrected chi connectivity index (χ4v) is 2.14. The van der Waals surface area contributed by atoms with Crippen molar-refractivity contribution in [2.75, 3.05) is 0 Å².